The molecule has 0 amide bonds. The standard InChI is InChI=1S/C35H35Cl2N5O2.CH4/c1-43-24-8-12-30-28(20-24)34(26-10-6-22(36)18-32(26)41-30)39-16-4-3-14-38-15-5-17-40-35-27-11-7-23(37)19-33(27)42-31-13-9-25(44-2)21-29(31)35;/h6-13,18-21,38H,3-5,14-17H2,1-2H3,(H,39,41)(H,40,42);1H4/i;1D. The number of hydrogen-bond donors (Lipinski definition) is 3. The van der Waals surface area contributed by atoms with Crippen molar-refractivity contribution in [2.75, 3.05) is 51.0 Å². The number of nitrogens with zero attached hydrogens (tertiary/aromatic N) is 2. The predicted octanol–water partition coefficient (Wildman–Crippen LogP) is 9.33. The molecule has 7 nitrogen and oxygen atoms in total. The molecule has 0 aliphatic rings. The highest BCUT2D eigenvalue weighted by Crippen LogP contribution is 2.35. The van der Waals surface area contributed by atoms with Crippen LogP contribution in [0.3, 0.4) is 0 Å². The topological polar surface area (TPSA) is 80.3 Å². The van der Waals surface area contributed by atoms with E-state index in [-0.39, 0.29) is 0 Å². The van der Waals surface area contributed by atoms with Gasteiger partial charge in [0.15, 0.2) is 0 Å². The Morgan fingerprint density at radius 1 is 0.578 bits per heavy atom. The lowest BCUT2D eigenvalue weighted by molar-refractivity contribution is 0.415. The van der Waals surface area contributed by atoms with Crippen LogP contribution in [-0.2, 0) is 0 Å². The highest BCUT2D eigenvalue weighted by molar-refractivity contribution is 6.32. The smallest absolute Gasteiger partial charge is 0.119 e. The minimum atomic E-state index is 0.677. The summed E-state index contributed by atoms with van der Waals surface area (Å²) < 4.78 is 16.7. The van der Waals surface area contributed by atoms with Gasteiger partial charge >= 0.3 is 0 Å². The molecule has 4 aromatic carbocycles. The number of aromatic nitrogens is 2. The van der Waals surface area contributed by atoms with Crippen molar-refractivity contribution in [2.45, 2.75) is 26.7 Å². The minimum absolute atomic E-state index is 0.677. The average molecular weight is 646 g/mol. The molecule has 45 heavy (non-hydrogen) atoms. The Bertz CT molecular complexity index is 1820. The van der Waals surface area contributed by atoms with Crippen LogP contribution in [0.2, 0.25) is 10.0 Å². The number of halogens is 2. The van der Waals surface area contributed by atoms with Gasteiger partial charge in [-0.05, 0) is 105 Å². The average Bonchev–Trinajstić information content (AvgIpc) is 3.08. The van der Waals surface area contributed by atoms with Crippen molar-refractivity contribution in [3.8, 4) is 11.5 Å². The van der Waals surface area contributed by atoms with E-state index in [1.165, 1.54) is 7.40 Å². The molecule has 234 valence electrons. The van der Waals surface area contributed by atoms with E-state index in [9.17, 15) is 0 Å². The first-order chi connectivity index (χ1) is 22.5. The van der Waals surface area contributed by atoms with Gasteiger partial charge in [-0.25, -0.2) is 9.97 Å². The molecule has 2 heterocycles. The molecule has 0 saturated heterocycles. The molecule has 0 aliphatic carbocycles. The second-order valence-electron chi connectivity index (χ2n) is 10.7. The van der Waals surface area contributed by atoms with Gasteiger partial charge in [0.25, 0.3) is 0 Å². The Morgan fingerprint density at radius 3 is 1.56 bits per heavy atom. The van der Waals surface area contributed by atoms with E-state index < -0.39 is 0 Å². The van der Waals surface area contributed by atoms with Crippen molar-refractivity contribution in [3.05, 3.63) is 82.8 Å². The predicted molar refractivity (Wildman–Crippen MR) is 192 cm³/mol. The molecular weight excluding hydrogens is 605 g/mol. The van der Waals surface area contributed by atoms with Crippen LogP contribution in [0.5, 0.6) is 11.5 Å². The molecule has 6 rings (SSSR count). The van der Waals surface area contributed by atoms with Crippen LogP contribution in [0.4, 0.5) is 11.4 Å². The molecule has 0 spiro atoms. The third-order valence-corrected chi connectivity index (χ3v) is 8.27. The second-order valence-corrected chi connectivity index (χ2v) is 11.6. The van der Waals surface area contributed by atoms with Gasteiger partial charge in [-0.15, -0.1) is 0 Å². The number of methoxy groups -OCH3 is 2. The third-order valence-electron chi connectivity index (χ3n) is 7.80. The Morgan fingerprint density at radius 2 is 1.04 bits per heavy atom. The number of fused-ring (bicyclic) bond motifs is 4. The fourth-order valence-electron chi connectivity index (χ4n) is 5.57. The molecule has 0 radical (unpaired) electrons. The summed E-state index contributed by atoms with van der Waals surface area (Å²) in [5, 5.41) is 16.5. The Balaban J connectivity index is 0.00000204. The van der Waals surface area contributed by atoms with Crippen LogP contribution in [0, 0.1) is 0 Å². The maximum absolute atomic E-state index is 6.27. The molecule has 0 aliphatic heterocycles. The van der Waals surface area contributed by atoms with E-state index in [0.29, 0.717) is 10.0 Å². The van der Waals surface area contributed by atoms with Gasteiger partial charge in [-0.2, -0.15) is 0 Å². The van der Waals surface area contributed by atoms with Gasteiger partial charge < -0.3 is 25.4 Å². The molecule has 0 fully saturated rings. The lowest BCUT2D eigenvalue weighted by Gasteiger charge is -2.15. The number of benzene rings is 4. The highest BCUT2D eigenvalue weighted by Gasteiger charge is 2.12. The summed E-state index contributed by atoms with van der Waals surface area (Å²) >= 11 is 12.5. The van der Waals surface area contributed by atoms with E-state index in [4.69, 9.17) is 44.0 Å². The summed E-state index contributed by atoms with van der Waals surface area (Å²) in [5.41, 5.74) is 5.70. The van der Waals surface area contributed by atoms with Crippen LogP contribution in [-0.4, -0.2) is 50.4 Å². The Hall–Kier alpha value is -4.04. The van der Waals surface area contributed by atoms with E-state index in [1.54, 1.807) is 14.2 Å². The zero-order chi connectivity index (χ0) is 32.5. The molecule has 0 bridgehead atoms. The van der Waals surface area contributed by atoms with Gasteiger partial charge in [0.2, 0.25) is 0 Å². The molecular formula is C36H39Cl2N5O2. The molecule has 0 saturated carbocycles. The molecule has 3 N–H and O–H groups in total. The van der Waals surface area contributed by atoms with Crippen molar-refractivity contribution in [1.82, 2.24) is 15.3 Å². The van der Waals surface area contributed by atoms with Crippen LogP contribution < -0.4 is 25.4 Å². The summed E-state index contributed by atoms with van der Waals surface area (Å²) in [5.74, 6) is 1.62. The number of ether oxygens (including phenoxy) is 2. The normalized spacial score (nSPS) is 11.4. The number of hydrogen-bond acceptors (Lipinski definition) is 7. The minimum Gasteiger partial charge on any atom is -0.497 e. The molecule has 0 atom stereocenters. The van der Waals surface area contributed by atoms with Gasteiger partial charge in [0.05, 0.1) is 47.7 Å². The summed E-state index contributed by atoms with van der Waals surface area (Å²) in [6, 6.07) is 23.6. The first-order valence-corrected chi connectivity index (χ1v) is 15.6. The van der Waals surface area contributed by atoms with E-state index in [2.05, 4.69) is 16.0 Å². The van der Waals surface area contributed by atoms with Crippen LogP contribution >= 0.6 is 23.2 Å². The first-order valence-electron chi connectivity index (χ1n) is 15.9. The lowest BCUT2D eigenvalue weighted by atomic mass is 10.1. The van der Waals surface area contributed by atoms with Gasteiger partial charge in [-0.3, -0.25) is 0 Å². The van der Waals surface area contributed by atoms with Crippen molar-refractivity contribution in [1.29, 1.82) is 0 Å². The van der Waals surface area contributed by atoms with Crippen molar-refractivity contribution < 1.29 is 10.8 Å². The van der Waals surface area contributed by atoms with Gasteiger partial charge in [0, 0.05) is 46.1 Å². The largest absolute Gasteiger partial charge is 0.497 e. The molecule has 2 aromatic heterocycles. The van der Waals surface area contributed by atoms with Crippen LogP contribution in [0.1, 0.15) is 28.0 Å². The fraction of sp³-hybridized carbons (Fsp3) is 0.278. The second kappa shape index (κ2) is 14.8. The maximum Gasteiger partial charge on any atom is 0.119 e. The van der Waals surface area contributed by atoms with Crippen molar-refractivity contribution >= 4 is 78.2 Å². The summed E-state index contributed by atoms with van der Waals surface area (Å²) in [7, 11) is 4.61. The number of rotatable bonds is 13. The van der Waals surface area contributed by atoms with E-state index in [1.807, 2.05) is 72.8 Å². The zero-order valence-corrected chi connectivity index (χ0v) is 27.4. The summed E-state index contributed by atoms with van der Waals surface area (Å²) in [4.78, 5) is 9.64. The highest BCUT2D eigenvalue weighted by atomic mass is 35.5. The van der Waals surface area contributed by atoms with Gasteiger partial charge in [-0.1, -0.05) is 30.6 Å². The number of anilines is 2. The quantitative estimate of drug-likeness (QED) is 0.0853. The van der Waals surface area contributed by atoms with E-state index in [0.717, 1.165) is 112 Å². The van der Waals surface area contributed by atoms with Crippen molar-refractivity contribution in [3.63, 3.8) is 0 Å². The lowest BCUT2D eigenvalue weighted by Crippen LogP contribution is -2.20. The molecule has 9 heteroatoms. The number of pyridine rings is 2. The molecule has 6 aromatic rings. The number of unbranched alkanes of at least 4 members (excludes halogenated alkanes) is 1. The Kier molecular flexibility index (Phi) is 10.2. The third kappa shape index (κ3) is 7.28. The Labute approximate surface area is 275 Å². The van der Waals surface area contributed by atoms with Gasteiger partial charge in [0.1, 0.15) is 11.5 Å². The number of nitrogens with one attached hydrogen (secondary N) is 3. The summed E-state index contributed by atoms with van der Waals surface area (Å²) in [6.07, 6.45) is 3.09. The van der Waals surface area contributed by atoms with E-state index >= 15 is 0 Å². The van der Waals surface area contributed by atoms with Crippen LogP contribution in [0.25, 0.3) is 43.6 Å². The fourth-order valence-corrected chi connectivity index (χ4v) is 5.90. The monoisotopic (exact) mass is 644 g/mol. The van der Waals surface area contributed by atoms with Crippen LogP contribution in [0.15, 0.2) is 72.8 Å². The molecule has 0 unspecified atom stereocenters. The zero-order valence-electron chi connectivity index (χ0n) is 26.8. The first kappa shape index (κ1) is 31.0. The van der Waals surface area contributed by atoms with Crippen molar-refractivity contribution in [2.24, 2.45) is 0 Å². The maximum atomic E-state index is 6.27. The summed E-state index contributed by atoms with van der Waals surface area (Å²) in [6.45, 7) is 3.57. The SMILES string of the molecule is COc1ccc2nc3cc(Cl)ccc3c(NCCCCNCCCNc3c4ccc(Cl)cc4nc4ccc(OC)cc34)c2c1.[2H]C.